The van der Waals surface area contributed by atoms with E-state index < -0.39 is 55.4 Å². The summed E-state index contributed by atoms with van der Waals surface area (Å²) in [7, 11) is 0. The predicted molar refractivity (Wildman–Crippen MR) is 219 cm³/mol. The number of unbranched alkanes of at least 4 members (excludes halogenated alkanes) is 16. The van der Waals surface area contributed by atoms with Crippen molar-refractivity contribution >= 4 is 11.9 Å². The van der Waals surface area contributed by atoms with Crippen LogP contribution in [-0.2, 0) is 28.5 Å². The summed E-state index contributed by atoms with van der Waals surface area (Å²) in [5, 5.41) is 40.0. The van der Waals surface area contributed by atoms with E-state index in [1.165, 1.54) is 44.9 Å². The van der Waals surface area contributed by atoms with Gasteiger partial charge in [-0.2, -0.15) is 0 Å². The summed E-state index contributed by atoms with van der Waals surface area (Å²) in [6, 6.07) is 0. The Morgan fingerprint density at radius 3 is 1.64 bits per heavy atom. The molecule has 1 aliphatic heterocycles. The first-order valence-electron chi connectivity index (χ1n) is 21.7. The number of esters is 2. The number of carbonyl (C=O) groups is 2. The van der Waals surface area contributed by atoms with Gasteiger partial charge in [0.25, 0.3) is 0 Å². The van der Waals surface area contributed by atoms with Crippen LogP contribution >= 0.6 is 0 Å². The molecule has 1 fully saturated rings. The molecule has 1 rings (SSSR count). The van der Waals surface area contributed by atoms with E-state index in [1.807, 2.05) is 0 Å². The maximum Gasteiger partial charge on any atom is 0.306 e. The second kappa shape index (κ2) is 36.0. The highest BCUT2D eigenvalue weighted by Crippen LogP contribution is 2.22. The minimum Gasteiger partial charge on any atom is -0.462 e. The molecule has 0 amide bonds. The van der Waals surface area contributed by atoms with Crippen molar-refractivity contribution in [2.45, 2.75) is 205 Å². The number of hydrogen-bond donors (Lipinski definition) is 4. The SMILES string of the molecule is CC/C=C/C/C=C/C/C=C/CCCCCCCC(=O)OC(COC(=O)CCCCCCC/C=C/CCCCCCCC)CO[C@@H]1O[C@H](CO)[C@H](O)[C@H](O)[C@H]1O. The zero-order valence-electron chi connectivity index (χ0n) is 34.4. The van der Waals surface area contributed by atoms with E-state index in [1.54, 1.807) is 0 Å². The van der Waals surface area contributed by atoms with E-state index in [0.29, 0.717) is 12.8 Å². The maximum absolute atomic E-state index is 12.7. The Bertz CT molecular complexity index is 1040. The van der Waals surface area contributed by atoms with Crippen LogP contribution in [0.2, 0.25) is 0 Å². The van der Waals surface area contributed by atoms with E-state index in [9.17, 15) is 30.0 Å². The lowest BCUT2D eigenvalue weighted by Gasteiger charge is -2.39. The van der Waals surface area contributed by atoms with Gasteiger partial charge < -0.3 is 39.4 Å². The molecule has 10 heteroatoms. The molecular formula is C45H78O10. The van der Waals surface area contributed by atoms with Gasteiger partial charge in [0, 0.05) is 12.8 Å². The highest BCUT2D eigenvalue weighted by atomic mass is 16.7. The number of ether oxygens (including phenoxy) is 4. The van der Waals surface area contributed by atoms with Crippen molar-refractivity contribution in [3.63, 3.8) is 0 Å². The molecule has 1 unspecified atom stereocenters. The third kappa shape index (κ3) is 27.8. The van der Waals surface area contributed by atoms with Crippen LogP contribution in [0, 0.1) is 0 Å². The van der Waals surface area contributed by atoms with Crippen molar-refractivity contribution < 1.29 is 49.0 Å². The van der Waals surface area contributed by atoms with Crippen molar-refractivity contribution in [2.75, 3.05) is 19.8 Å². The first-order valence-corrected chi connectivity index (χ1v) is 21.7. The largest absolute Gasteiger partial charge is 0.462 e. The minimum atomic E-state index is -1.60. The number of allylic oxidation sites excluding steroid dienone is 8. The van der Waals surface area contributed by atoms with Crippen molar-refractivity contribution in [3.05, 3.63) is 48.6 Å². The molecule has 55 heavy (non-hydrogen) atoms. The van der Waals surface area contributed by atoms with E-state index in [4.69, 9.17) is 18.9 Å². The summed E-state index contributed by atoms with van der Waals surface area (Å²) in [4.78, 5) is 25.3. The fraction of sp³-hybridized carbons (Fsp3) is 0.778. The zero-order chi connectivity index (χ0) is 40.2. The van der Waals surface area contributed by atoms with Gasteiger partial charge in [0.15, 0.2) is 12.4 Å². The molecule has 10 nitrogen and oxygen atoms in total. The lowest BCUT2D eigenvalue weighted by atomic mass is 9.99. The number of rotatable bonds is 35. The Morgan fingerprint density at radius 2 is 1.07 bits per heavy atom. The molecule has 6 atom stereocenters. The van der Waals surface area contributed by atoms with Crippen LogP contribution < -0.4 is 0 Å². The molecule has 1 saturated heterocycles. The minimum absolute atomic E-state index is 0.207. The third-order valence-corrected chi connectivity index (χ3v) is 9.70. The smallest absolute Gasteiger partial charge is 0.306 e. The van der Waals surface area contributed by atoms with E-state index in [-0.39, 0.29) is 26.1 Å². The lowest BCUT2D eigenvalue weighted by Crippen LogP contribution is -2.59. The number of carbonyl (C=O) groups excluding carboxylic acids is 2. The van der Waals surface area contributed by atoms with Crippen molar-refractivity contribution in [1.82, 2.24) is 0 Å². The number of aliphatic hydroxyl groups is 4. The molecule has 0 saturated carbocycles. The zero-order valence-corrected chi connectivity index (χ0v) is 34.4. The standard InChI is InChI=1S/C45H78O10/c1-3-5-7-9-11-13-15-17-19-21-23-25-27-29-31-33-40(47)52-36-38(37-53-45-44(51)43(50)42(49)39(35-46)55-45)54-41(48)34-32-30-28-26-24-22-20-18-16-14-12-10-8-6-4-2/h6,8,12,14,17-20,38-39,42-46,49-51H,3-5,7,9-11,13,15-16,21-37H2,1-2H3/b8-6+,14-12+,19-17+,20-18+/t38?,39-,42+,43+,44-,45-/m1/s1. The topological polar surface area (TPSA) is 152 Å². The van der Waals surface area contributed by atoms with Gasteiger partial charge in [0.2, 0.25) is 0 Å². The van der Waals surface area contributed by atoms with Crippen LogP contribution in [0.15, 0.2) is 48.6 Å². The summed E-state index contributed by atoms with van der Waals surface area (Å²) < 4.78 is 22.1. The third-order valence-electron chi connectivity index (χ3n) is 9.70. The monoisotopic (exact) mass is 779 g/mol. The van der Waals surface area contributed by atoms with Crippen LogP contribution in [0.5, 0.6) is 0 Å². The highest BCUT2D eigenvalue weighted by molar-refractivity contribution is 5.70. The van der Waals surface area contributed by atoms with Gasteiger partial charge in [-0.05, 0) is 70.6 Å². The van der Waals surface area contributed by atoms with Crippen LogP contribution in [0.3, 0.4) is 0 Å². The Labute approximate surface area is 333 Å². The molecule has 0 aromatic heterocycles. The normalized spacial score (nSPS) is 21.0. The number of hydrogen-bond acceptors (Lipinski definition) is 10. The molecule has 318 valence electrons. The van der Waals surface area contributed by atoms with Crippen LogP contribution in [-0.4, -0.2) is 89.0 Å². The molecule has 0 spiro atoms. The van der Waals surface area contributed by atoms with E-state index in [2.05, 4.69) is 62.5 Å². The van der Waals surface area contributed by atoms with Crippen molar-refractivity contribution in [3.8, 4) is 0 Å². The van der Waals surface area contributed by atoms with Gasteiger partial charge >= 0.3 is 11.9 Å². The summed E-state index contributed by atoms with van der Waals surface area (Å²) in [5.74, 6) is -0.838. The molecule has 0 radical (unpaired) electrons. The molecule has 4 N–H and O–H groups in total. The summed E-state index contributed by atoms with van der Waals surface area (Å²) >= 11 is 0. The Balaban J connectivity index is 2.37. The second-order valence-corrected chi connectivity index (χ2v) is 14.8. The average Bonchev–Trinajstić information content (AvgIpc) is 3.18. The van der Waals surface area contributed by atoms with E-state index in [0.717, 1.165) is 83.5 Å². The Hall–Kier alpha value is -2.34. The van der Waals surface area contributed by atoms with Gasteiger partial charge in [-0.25, -0.2) is 0 Å². The predicted octanol–water partition coefficient (Wildman–Crippen LogP) is 8.88. The first-order chi connectivity index (χ1) is 26.8. The summed E-state index contributed by atoms with van der Waals surface area (Å²) in [6.45, 7) is 3.27. The van der Waals surface area contributed by atoms with Crippen LogP contribution in [0.25, 0.3) is 0 Å². The summed E-state index contributed by atoms with van der Waals surface area (Å²) in [6.07, 6.45) is 34.0. The maximum atomic E-state index is 12.7. The quantitative estimate of drug-likeness (QED) is 0.0279. The summed E-state index contributed by atoms with van der Waals surface area (Å²) in [5.41, 5.74) is 0. The molecule has 0 aromatic carbocycles. The second-order valence-electron chi connectivity index (χ2n) is 14.8. The first kappa shape index (κ1) is 50.7. The molecule has 1 heterocycles. The molecule has 0 bridgehead atoms. The van der Waals surface area contributed by atoms with Gasteiger partial charge in [-0.1, -0.05) is 133 Å². The number of aliphatic hydroxyl groups excluding tert-OH is 4. The average molecular weight is 779 g/mol. The lowest BCUT2D eigenvalue weighted by molar-refractivity contribution is -0.305. The van der Waals surface area contributed by atoms with E-state index >= 15 is 0 Å². The molecular weight excluding hydrogens is 700 g/mol. The Kier molecular flexibility index (Phi) is 33.2. The molecule has 0 aromatic rings. The highest BCUT2D eigenvalue weighted by Gasteiger charge is 2.44. The van der Waals surface area contributed by atoms with Crippen LogP contribution in [0.1, 0.15) is 168 Å². The van der Waals surface area contributed by atoms with Gasteiger partial charge in [-0.3, -0.25) is 9.59 Å². The van der Waals surface area contributed by atoms with Gasteiger partial charge in [0.05, 0.1) is 13.2 Å². The Morgan fingerprint density at radius 1 is 0.582 bits per heavy atom. The van der Waals surface area contributed by atoms with Gasteiger partial charge in [0.1, 0.15) is 31.0 Å². The van der Waals surface area contributed by atoms with Crippen LogP contribution in [0.4, 0.5) is 0 Å². The van der Waals surface area contributed by atoms with Crippen molar-refractivity contribution in [1.29, 1.82) is 0 Å². The van der Waals surface area contributed by atoms with Crippen molar-refractivity contribution in [2.24, 2.45) is 0 Å². The fourth-order valence-electron chi connectivity index (χ4n) is 6.25. The molecule has 0 aliphatic carbocycles. The molecule has 1 aliphatic rings. The van der Waals surface area contributed by atoms with Gasteiger partial charge in [-0.15, -0.1) is 0 Å². The fourth-order valence-corrected chi connectivity index (χ4v) is 6.25.